The van der Waals surface area contributed by atoms with Gasteiger partial charge in [-0.15, -0.1) is 0 Å². The van der Waals surface area contributed by atoms with Crippen molar-refractivity contribution in [1.29, 1.82) is 0 Å². The summed E-state index contributed by atoms with van der Waals surface area (Å²) in [5.41, 5.74) is 2.98. The lowest BCUT2D eigenvalue weighted by atomic mass is 9.97. The molecule has 0 aliphatic rings. The molecule has 1 radical (unpaired) electrons. The maximum absolute atomic E-state index is 9.49. The fourth-order valence-electron chi connectivity index (χ4n) is 1.73. The summed E-state index contributed by atoms with van der Waals surface area (Å²) in [5, 5.41) is 18.4. The van der Waals surface area contributed by atoms with Crippen molar-refractivity contribution in [3.8, 4) is 16.9 Å². The van der Waals surface area contributed by atoms with Crippen LogP contribution in [0.25, 0.3) is 11.1 Å². The molecule has 0 aliphatic heterocycles. The summed E-state index contributed by atoms with van der Waals surface area (Å²) in [6.45, 7) is 1.12. The van der Waals surface area contributed by atoms with Crippen molar-refractivity contribution in [2.75, 3.05) is 0 Å². The van der Waals surface area contributed by atoms with E-state index in [0.29, 0.717) is 6.42 Å². The van der Waals surface area contributed by atoms with Gasteiger partial charge in [-0.05, 0) is 28.8 Å². The first-order chi connectivity index (χ1) is 7.81. The molecular formula is C14H13O2. The van der Waals surface area contributed by atoms with Crippen molar-refractivity contribution in [1.82, 2.24) is 0 Å². The fourth-order valence-corrected chi connectivity index (χ4v) is 1.73. The molecule has 0 heterocycles. The molecule has 16 heavy (non-hydrogen) atoms. The number of hydrogen-bond donors (Lipinski definition) is 2. The summed E-state index contributed by atoms with van der Waals surface area (Å²) in [7, 11) is 0. The predicted octanol–water partition coefficient (Wildman–Crippen LogP) is 3.14. The molecule has 0 aliphatic carbocycles. The van der Waals surface area contributed by atoms with Crippen molar-refractivity contribution >= 4 is 0 Å². The van der Waals surface area contributed by atoms with Crippen LogP contribution in [-0.4, -0.2) is 10.2 Å². The highest BCUT2D eigenvalue weighted by atomic mass is 16.3. The third kappa shape index (κ3) is 2.23. The summed E-state index contributed by atoms with van der Waals surface area (Å²) >= 11 is 0. The fraction of sp³-hybridized carbons (Fsp3) is 0.0714. The van der Waals surface area contributed by atoms with Crippen LogP contribution in [0.4, 0.5) is 0 Å². The largest absolute Gasteiger partial charge is 0.508 e. The first-order valence-electron chi connectivity index (χ1n) is 5.14. The van der Waals surface area contributed by atoms with Crippen LogP contribution in [0.5, 0.6) is 5.75 Å². The number of phenols is 1. The zero-order valence-electron chi connectivity index (χ0n) is 8.80. The molecule has 0 fully saturated rings. The Labute approximate surface area is 94.8 Å². The van der Waals surface area contributed by atoms with Crippen molar-refractivity contribution in [2.45, 2.75) is 6.42 Å². The summed E-state index contributed by atoms with van der Waals surface area (Å²) in [6, 6.07) is 15.0. The highest BCUT2D eigenvalue weighted by Crippen LogP contribution is 2.27. The first kappa shape index (κ1) is 10.7. The average Bonchev–Trinajstić information content (AvgIpc) is 2.33. The van der Waals surface area contributed by atoms with Gasteiger partial charge in [-0.2, -0.15) is 0 Å². The molecule has 2 N–H and O–H groups in total. The molecule has 0 amide bonds. The SMILES string of the molecule is O[CH]Cc1ccc(O)cc1-c1ccccc1. The van der Waals surface area contributed by atoms with Crippen molar-refractivity contribution in [3.63, 3.8) is 0 Å². The lowest BCUT2D eigenvalue weighted by Crippen LogP contribution is -1.90. The van der Waals surface area contributed by atoms with Crippen molar-refractivity contribution in [3.05, 3.63) is 60.7 Å². The van der Waals surface area contributed by atoms with Gasteiger partial charge in [0.15, 0.2) is 0 Å². The molecule has 2 rings (SSSR count). The number of rotatable bonds is 3. The topological polar surface area (TPSA) is 40.5 Å². The third-order valence-electron chi connectivity index (χ3n) is 2.49. The molecule has 0 spiro atoms. The van der Waals surface area contributed by atoms with E-state index in [4.69, 9.17) is 5.11 Å². The lowest BCUT2D eigenvalue weighted by molar-refractivity contribution is 0.385. The first-order valence-corrected chi connectivity index (χ1v) is 5.14. The molecule has 0 aromatic heterocycles. The van der Waals surface area contributed by atoms with E-state index >= 15 is 0 Å². The number of phenolic OH excluding ortho intramolecular Hbond substituents is 1. The summed E-state index contributed by atoms with van der Waals surface area (Å²) in [5.74, 6) is 0.237. The lowest BCUT2D eigenvalue weighted by Gasteiger charge is -2.09. The van der Waals surface area contributed by atoms with Gasteiger partial charge in [-0.25, -0.2) is 0 Å². The third-order valence-corrected chi connectivity index (χ3v) is 2.49. The van der Waals surface area contributed by atoms with Crippen LogP contribution in [0.2, 0.25) is 0 Å². The molecule has 0 bridgehead atoms. The van der Waals surface area contributed by atoms with E-state index in [2.05, 4.69) is 0 Å². The van der Waals surface area contributed by atoms with Gasteiger partial charge in [0, 0.05) is 6.42 Å². The molecule has 0 unspecified atom stereocenters. The normalized spacial score (nSPS) is 10.3. The minimum atomic E-state index is 0.237. The van der Waals surface area contributed by atoms with E-state index in [-0.39, 0.29) is 5.75 Å². The van der Waals surface area contributed by atoms with E-state index in [1.165, 1.54) is 0 Å². The van der Waals surface area contributed by atoms with Gasteiger partial charge in [0.25, 0.3) is 0 Å². The Bertz CT molecular complexity index is 463. The van der Waals surface area contributed by atoms with Gasteiger partial charge in [-0.3, -0.25) is 0 Å². The van der Waals surface area contributed by atoms with Crippen LogP contribution in [-0.2, 0) is 6.42 Å². The standard InChI is InChI=1S/C14H13O2/c15-9-8-12-6-7-13(16)10-14(12)11-4-2-1-3-5-11/h1-7,9-10,15-16H,8H2. The highest BCUT2D eigenvalue weighted by molar-refractivity contribution is 5.69. The minimum Gasteiger partial charge on any atom is -0.508 e. The Morgan fingerprint density at radius 1 is 1.00 bits per heavy atom. The Morgan fingerprint density at radius 3 is 2.44 bits per heavy atom. The van der Waals surface area contributed by atoms with Gasteiger partial charge in [0.2, 0.25) is 0 Å². The Morgan fingerprint density at radius 2 is 1.75 bits per heavy atom. The molecule has 2 aromatic rings. The summed E-state index contributed by atoms with van der Waals surface area (Å²) in [6.07, 6.45) is 0.477. The Balaban J connectivity index is 2.49. The van der Waals surface area contributed by atoms with E-state index in [9.17, 15) is 5.11 Å². The molecular weight excluding hydrogens is 200 g/mol. The molecule has 0 atom stereocenters. The van der Waals surface area contributed by atoms with Gasteiger partial charge in [0.1, 0.15) is 5.75 Å². The minimum absolute atomic E-state index is 0.237. The second kappa shape index (κ2) is 4.81. The van der Waals surface area contributed by atoms with E-state index in [1.54, 1.807) is 12.1 Å². The zero-order chi connectivity index (χ0) is 11.4. The molecule has 0 saturated carbocycles. The summed E-state index contributed by atoms with van der Waals surface area (Å²) in [4.78, 5) is 0. The maximum atomic E-state index is 9.49. The second-order valence-electron chi connectivity index (χ2n) is 3.59. The number of aliphatic hydroxyl groups is 1. The van der Waals surface area contributed by atoms with Crippen molar-refractivity contribution < 1.29 is 10.2 Å². The molecule has 81 valence electrons. The van der Waals surface area contributed by atoms with Gasteiger partial charge in [0.05, 0.1) is 6.61 Å². The van der Waals surface area contributed by atoms with E-state index in [1.807, 2.05) is 36.4 Å². The zero-order valence-corrected chi connectivity index (χ0v) is 8.80. The molecule has 2 nitrogen and oxygen atoms in total. The highest BCUT2D eigenvalue weighted by Gasteiger charge is 2.05. The predicted molar refractivity (Wildman–Crippen MR) is 63.5 cm³/mol. The van der Waals surface area contributed by atoms with E-state index < -0.39 is 0 Å². The second-order valence-corrected chi connectivity index (χ2v) is 3.59. The average molecular weight is 213 g/mol. The summed E-state index contributed by atoms with van der Waals surface area (Å²) < 4.78 is 0. The Hall–Kier alpha value is -1.80. The van der Waals surface area contributed by atoms with E-state index in [0.717, 1.165) is 23.3 Å². The number of aromatic hydroxyl groups is 1. The number of benzene rings is 2. The number of aliphatic hydroxyl groups excluding tert-OH is 1. The quantitative estimate of drug-likeness (QED) is 0.822. The van der Waals surface area contributed by atoms with Crippen LogP contribution in [0.15, 0.2) is 48.5 Å². The van der Waals surface area contributed by atoms with Gasteiger partial charge in [-0.1, -0.05) is 36.4 Å². The Kier molecular flexibility index (Phi) is 3.22. The van der Waals surface area contributed by atoms with Crippen LogP contribution < -0.4 is 0 Å². The smallest absolute Gasteiger partial charge is 0.116 e. The van der Waals surface area contributed by atoms with Crippen LogP contribution >= 0.6 is 0 Å². The molecule has 0 saturated heterocycles. The maximum Gasteiger partial charge on any atom is 0.116 e. The van der Waals surface area contributed by atoms with Crippen LogP contribution in [0, 0.1) is 6.61 Å². The van der Waals surface area contributed by atoms with Gasteiger partial charge < -0.3 is 10.2 Å². The van der Waals surface area contributed by atoms with Gasteiger partial charge >= 0.3 is 0 Å². The molecule has 2 heteroatoms. The molecule has 2 aromatic carbocycles. The van der Waals surface area contributed by atoms with Crippen LogP contribution in [0.1, 0.15) is 5.56 Å². The number of hydrogen-bond acceptors (Lipinski definition) is 2. The monoisotopic (exact) mass is 213 g/mol. The van der Waals surface area contributed by atoms with Crippen LogP contribution in [0.3, 0.4) is 0 Å². The van der Waals surface area contributed by atoms with Crippen molar-refractivity contribution in [2.24, 2.45) is 0 Å².